The summed E-state index contributed by atoms with van der Waals surface area (Å²) in [5.74, 6) is 1.69. The van der Waals surface area contributed by atoms with Gasteiger partial charge in [0.2, 0.25) is 0 Å². The molecule has 1 aliphatic rings. The van der Waals surface area contributed by atoms with Crippen LogP contribution in [0, 0.1) is 5.92 Å². The summed E-state index contributed by atoms with van der Waals surface area (Å²) in [7, 11) is 0. The van der Waals surface area contributed by atoms with Crippen LogP contribution in [0.1, 0.15) is 13.3 Å². The molecule has 0 bridgehead atoms. The highest BCUT2D eigenvalue weighted by atomic mass is 16.4. The van der Waals surface area contributed by atoms with Crippen LogP contribution in [0.3, 0.4) is 0 Å². The van der Waals surface area contributed by atoms with E-state index in [1.54, 1.807) is 5.94 Å². The molecule has 1 heterocycles. The van der Waals surface area contributed by atoms with Crippen LogP contribution in [0.15, 0.2) is 5.70 Å². The van der Waals surface area contributed by atoms with Gasteiger partial charge in [0.1, 0.15) is 11.6 Å². The highest BCUT2D eigenvalue weighted by Gasteiger charge is 2.29. The van der Waals surface area contributed by atoms with Crippen molar-refractivity contribution in [3.05, 3.63) is 5.70 Å². The molecule has 0 aromatic heterocycles. The number of allylic oxidation sites excluding steroid dienone is 1. The highest BCUT2D eigenvalue weighted by Crippen LogP contribution is 2.24. The molecule has 1 aliphatic heterocycles. The van der Waals surface area contributed by atoms with Gasteiger partial charge in [-0.2, -0.15) is 0 Å². The van der Waals surface area contributed by atoms with Gasteiger partial charge in [-0.3, -0.25) is 4.90 Å². The molecule has 1 saturated heterocycles. The molecule has 0 radical (unpaired) electrons. The molecule has 11 heavy (non-hydrogen) atoms. The SMILES string of the molecule is CC1CCN(C(=O)O)C1=C=O. The maximum absolute atomic E-state index is 10.4. The van der Waals surface area contributed by atoms with Crippen molar-refractivity contribution in [2.45, 2.75) is 13.3 Å². The highest BCUT2D eigenvalue weighted by molar-refractivity contribution is 5.72. The van der Waals surface area contributed by atoms with E-state index in [-0.39, 0.29) is 11.6 Å². The number of hydrogen-bond donors (Lipinski definition) is 1. The van der Waals surface area contributed by atoms with Gasteiger partial charge < -0.3 is 5.11 Å². The molecule has 1 N–H and O–H groups in total. The van der Waals surface area contributed by atoms with Crippen molar-refractivity contribution in [2.24, 2.45) is 5.92 Å². The van der Waals surface area contributed by atoms with E-state index < -0.39 is 6.09 Å². The Morgan fingerprint density at radius 3 is 2.82 bits per heavy atom. The maximum Gasteiger partial charge on any atom is 0.412 e. The lowest BCUT2D eigenvalue weighted by Gasteiger charge is -2.10. The summed E-state index contributed by atoms with van der Waals surface area (Å²) in [6.07, 6.45) is -0.343. The van der Waals surface area contributed by atoms with Crippen LogP contribution >= 0.6 is 0 Å². The topological polar surface area (TPSA) is 57.6 Å². The Bertz CT molecular complexity index is 230. The van der Waals surface area contributed by atoms with Crippen molar-refractivity contribution in [3.8, 4) is 0 Å². The lowest BCUT2D eigenvalue weighted by atomic mass is 10.1. The molecular formula is C7H9NO3. The molecule has 4 heteroatoms. The summed E-state index contributed by atoms with van der Waals surface area (Å²) in [6.45, 7) is 2.24. The summed E-state index contributed by atoms with van der Waals surface area (Å²) >= 11 is 0. The lowest BCUT2D eigenvalue weighted by molar-refractivity contribution is 0.164. The Morgan fingerprint density at radius 1 is 1.82 bits per heavy atom. The van der Waals surface area contributed by atoms with Gasteiger partial charge >= 0.3 is 6.09 Å². The van der Waals surface area contributed by atoms with E-state index in [0.717, 1.165) is 11.3 Å². The molecule has 0 spiro atoms. The van der Waals surface area contributed by atoms with E-state index in [4.69, 9.17) is 5.11 Å². The average Bonchev–Trinajstić information content (AvgIpc) is 2.30. The van der Waals surface area contributed by atoms with Crippen molar-refractivity contribution in [1.29, 1.82) is 0 Å². The number of carbonyl (C=O) groups is 1. The van der Waals surface area contributed by atoms with E-state index in [0.29, 0.717) is 6.54 Å². The molecule has 4 nitrogen and oxygen atoms in total. The minimum Gasteiger partial charge on any atom is -0.465 e. The predicted molar refractivity (Wildman–Crippen MR) is 37.7 cm³/mol. The van der Waals surface area contributed by atoms with Gasteiger partial charge in [0.15, 0.2) is 0 Å². The van der Waals surface area contributed by atoms with E-state index in [1.165, 1.54) is 0 Å². The summed E-state index contributed by atoms with van der Waals surface area (Å²) in [5, 5.41) is 8.56. The van der Waals surface area contributed by atoms with Gasteiger partial charge in [0.25, 0.3) is 0 Å². The molecule has 1 unspecified atom stereocenters. The largest absolute Gasteiger partial charge is 0.465 e. The average molecular weight is 155 g/mol. The predicted octanol–water partition coefficient (Wildman–Crippen LogP) is 0.722. The monoisotopic (exact) mass is 155 g/mol. The zero-order valence-electron chi connectivity index (χ0n) is 6.20. The van der Waals surface area contributed by atoms with E-state index >= 15 is 0 Å². The third-order valence-corrected chi connectivity index (χ3v) is 1.88. The van der Waals surface area contributed by atoms with E-state index in [9.17, 15) is 9.59 Å². The number of likely N-dealkylation sites (tertiary alicyclic amines) is 1. The molecule has 0 aromatic rings. The number of nitrogens with zero attached hydrogens (tertiary/aromatic N) is 1. The summed E-state index contributed by atoms with van der Waals surface area (Å²) in [4.78, 5) is 21.8. The molecule has 0 saturated carbocycles. The minimum atomic E-state index is -1.06. The number of rotatable bonds is 0. The molecule has 1 amide bonds. The van der Waals surface area contributed by atoms with Gasteiger partial charge in [0.05, 0.1) is 0 Å². The van der Waals surface area contributed by atoms with Crippen molar-refractivity contribution in [2.75, 3.05) is 6.54 Å². The third-order valence-electron chi connectivity index (χ3n) is 1.88. The minimum absolute atomic E-state index is 0.0311. The summed E-state index contributed by atoms with van der Waals surface area (Å²) in [6, 6.07) is 0. The van der Waals surface area contributed by atoms with Crippen molar-refractivity contribution in [3.63, 3.8) is 0 Å². The fourth-order valence-corrected chi connectivity index (χ4v) is 1.20. The smallest absolute Gasteiger partial charge is 0.412 e. The first-order valence-corrected chi connectivity index (χ1v) is 3.42. The fraction of sp³-hybridized carbons (Fsp3) is 0.571. The first kappa shape index (κ1) is 7.82. The normalized spacial score (nSPS) is 23.5. The number of hydrogen-bond acceptors (Lipinski definition) is 2. The number of amides is 1. The first-order chi connectivity index (χ1) is 5.16. The van der Waals surface area contributed by atoms with Crippen LogP contribution in [0.4, 0.5) is 4.79 Å². The van der Waals surface area contributed by atoms with E-state index in [1.807, 2.05) is 6.92 Å². The summed E-state index contributed by atoms with van der Waals surface area (Å²) in [5.41, 5.74) is 0.262. The van der Waals surface area contributed by atoms with E-state index in [2.05, 4.69) is 0 Å². The van der Waals surface area contributed by atoms with Crippen LogP contribution in [0.5, 0.6) is 0 Å². The van der Waals surface area contributed by atoms with Crippen LogP contribution in [0.2, 0.25) is 0 Å². The molecule has 0 aliphatic carbocycles. The van der Waals surface area contributed by atoms with Gasteiger partial charge in [-0.15, -0.1) is 0 Å². The maximum atomic E-state index is 10.4. The van der Waals surface area contributed by atoms with Crippen LogP contribution in [-0.2, 0) is 4.79 Å². The van der Waals surface area contributed by atoms with Crippen LogP contribution in [-0.4, -0.2) is 28.6 Å². The first-order valence-electron chi connectivity index (χ1n) is 3.42. The molecule has 0 aromatic carbocycles. The van der Waals surface area contributed by atoms with Gasteiger partial charge in [0, 0.05) is 12.5 Å². The second kappa shape index (κ2) is 2.76. The Labute approximate surface area is 64.1 Å². The fourth-order valence-electron chi connectivity index (χ4n) is 1.20. The molecule has 1 fully saturated rings. The van der Waals surface area contributed by atoms with Gasteiger partial charge in [-0.1, -0.05) is 6.92 Å². The summed E-state index contributed by atoms with van der Waals surface area (Å²) < 4.78 is 0. The molecule has 60 valence electrons. The van der Waals surface area contributed by atoms with Crippen LogP contribution < -0.4 is 0 Å². The van der Waals surface area contributed by atoms with Crippen molar-refractivity contribution >= 4 is 12.0 Å². The molecule has 1 rings (SSSR count). The zero-order chi connectivity index (χ0) is 8.43. The van der Waals surface area contributed by atoms with Crippen molar-refractivity contribution in [1.82, 2.24) is 4.90 Å². The van der Waals surface area contributed by atoms with Crippen molar-refractivity contribution < 1.29 is 14.7 Å². The standard InChI is InChI=1S/C7H9NO3/c1-5-2-3-8(7(10)11)6(5)4-9/h5H,2-3H2,1H3,(H,10,11). The second-order valence-corrected chi connectivity index (χ2v) is 2.61. The van der Waals surface area contributed by atoms with Gasteiger partial charge in [-0.05, 0) is 6.42 Å². The Morgan fingerprint density at radius 2 is 2.45 bits per heavy atom. The second-order valence-electron chi connectivity index (χ2n) is 2.61. The zero-order valence-corrected chi connectivity index (χ0v) is 6.20. The Balaban J connectivity index is 2.86. The third kappa shape index (κ3) is 1.25. The van der Waals surface area contributed by atoms with Gasteiger partial charge in [-0.25, -0.2) is 9.59 Å². The lowest BCUT2D eigenvalue weighted by Crippen LogP contribution is -2.25. The molecular weight excluding hydrogens is 146 g/mol. The Hall–Kier alpha value is -1.28. The van der Waals surface area contributed by atoms with Crippen LogP contribution in [0.25, 0.3) is 0 Å². The number of carboxylic acid groups (broad SMARTS) is 1. The quantitative estimate of drug-likeness (QED) is 0.524. The Kier molecular flexibility index (Phi) is 1.96. The molecule has 1 atom stereocenters. The number of carbonyl (C=O) groups excluding carboxylic acids is 1.